The highest BCUT2D eigenvalue weighted by Crippen LogP contribution is 2.24. The number of carbonyl (C=O) groups excluding carboxylic acids is 1. The SMILES string of the molecule is CCn1cc(CNC(=O)c2cccc(COc3ccccc3Br)c2)cn1. The minimum Gasteiger partial charge on any atom is -0.488 e. The van der Waals surface area contributed by atoms with Crippen molar-refractivity contribution in [3.05, 3.63) is 82.1 Å². The third-order valence-corrected chi connectivity index (χ3v) is 4.54. The van der Waals surface area contributed by atoms with Crippen LogP contribution in [0.25, 0.3) is 0 Å². The number of hydrogen-bond donors (Lipinski definition) is 1. The van der Waals surface area contributed by atoms with Crippen LogP contribution in [0.2, 0.25) is 0 Å². The Kier molecular flexibility index (Phi) is 6.07. The molecule has 6 heteroatoms. The number of rotatable bonds is 7. The van der Waals surface area contributed by atoms with Crippen molar-refractivity contribution in [2.45, 2.75) is 26.6 Å². The van der Waals surface area contributed by atoms with Gasteiger partial charge in [0.1, 0.15) is 12.4 Å². The fourth-order valence-corrected chi connectivity index (χ4v) is 2.88. The van der Waals surface area contributed by atoms with Gasteiger partial charge in [0.2, 0.25) is 0 Å². The van der Waals surface area contributed by atoms with Gasteiger partial charge in [0.05, 0.1) is 10.7 Å². The van der Waals surface area contributed by atoms with E-state index in [1.807, 2.05) is 60.3 Å². The molecule has 0 unspecified atom stereocenters. The second-order valence-electron chi connectivity index (χ2n) is 5.81. The van der Waals surface area contributed by atoms with Crippen LogP contribution in [-0.4, -0.2) is 15.7 Å². The third kappa shape index (κ3) is 4.73. The molecule has 3 aromatic rings. The first-order valence-corrected chi connectivity index (χ1v) is 9.21. The fourth-order valence-electron chi connectivity index (χ4n) is 2.48. The van der Waals surface area contributed by atoms with E-state index >= 15 is 0 Å². The van der Waals surface area contributed by atoms with E-state index in [0.717, 1.165) is 27.9 Å². The van der Waals surface area contributed by atoms with Gasteiger partial charge < -0.3 is 10.1 Å². The highest BCUT2D eigenvalue weighted by Gasteiger charge is 2.08. The first-order valence-electron chi connectivity index (χ1n) is 8.41. The molecule has 2 aromatic carbocycles. The van der Waals surface area contributed by atoms with Gasteiger partial charge in [-0.2, -0.15) is 5.10 Å². The average Bonchev–Trinajstić information content (AvgIpc) is 3.14. The average molecular weight is 414 g/mol. The normalized spacial score (nSPS) is 10.5. The Morgan fingerprint density at radius 1 is 1.19 bits per heavy atom. The van der Waals surface area contributed by atoms with Crippen LogP contribution in [0.3, 0.4) is 0 Å². The summed E-state index contributed by atoms with van der Waals surface area (Å²) in [5.41, 5.74) is 2.53. The van der Waals surface area contributed by atoms with E-state index in [1.165, 1.54) is 0 Å². The Bertz CT molecular complexity index is 892. The van der Waals surface area contributed by atoms with E-state index in [9.17, 15) is 4.79 Å². The van der Waals surface area contributed by atoms with Gasteiger partial charge in [-0.25, -0.2) is 0 Å². The molecule has 0 radical (unpaired) electrons. The molecule has 0 aliphatic rings. The van der Waals surface area contributed by atoms with Crippen molar-refractivity contribution in [3.63, 3.8) is 0 Å². The number of para-hydroxylation sites is 1. The summed E-state index contributed by atoms with van der Waals surface area (Å²) in [5, 5.41) is 7.13. The van der Waals surface area contributed by atoms with Gasteiger partial charge in [-0.1, -0.05) is 24.3 Å². The second kappa shape index (κ2) is 8.67. The van der Waals surface area contributed by atoms with Gasteiger partial charge in [0, 0.05) is 30.4 Å². The predicted octanol–water partition coefficient (Wildman–Crippen LogP) is 4.17. The Balaban J connectivity index is 1.59. The number of halogens is 1. The lowest BCUT2D eigenvalue weighted by molar-refractivity contribution is 0.0950. The van der Waals surface area contributed by atoms with E-state index in [0.29, 0.717) is 18.7 Å². The van der Waals surface area contributed by atoms with Crippen LogP contribution in [0.5, 0.6) is 5.75 Å². The molecule has 1 aromatic heterocycles. The van der Waals surface area contributed by atoms with Crippen molar-refractivity contribution in [2.75, 3.05) is 0 Å². The molecule has 1 N–H and O–H groups in total. The lowest BCUT2D eigenvalue weighted by Gasteiger charge is -2.09. The minimum atomic E-state index is -0.114. The molecule has 0 saturated heterocycles. The lowest BCUT2D eigenvalue weighted by atomic mass is 10.1. The van der Waals surface area contributed by atoms with Crippen LogP contribution in [0, 0.1) is 0 Å². The summed E-state index contributed by atoms with van der Waals surface area (Å²) >= 11 is 3.46. The first kappa shape index (κ1) is 18.2. The molecule has 5 nitrogen and oxygen atoms in total. The maximum atomic E-state index is 12.4. The minimum absolute atomic E-state index is 0.114. The summed E-state index contributed by atoms with van der Waals surface area (Å²) in [5.74, 6) is 0.660. The molecule has 0 saturated carbocycles. The largest absolute Gasteiger partial charge is 0.488 e. The van der Waals surface area contributed by atoms with Gasteiger partial charge in [-0.3, -0.25) is 9.48 Å². The van der Waals surface area contributed by atoms with Crippen molar-refractivity contribution in [2.24, 2.45) is 0 Å². The van der Waals surface area contributed by atoms with Gasteiger partial charge in [0.15, 0.2) is 0 Å². The van der Waals surface area contributed by atoms with Crippen LogP contribution in [0.15, 0.2) is 65.4 Å². The van der Waals surface area contributed by atoms with Crippen molar-refractivity contribution in [3.8, 4) is 5.75 Å². The fraction of sp³-hybridized carbons (Fsp3) is 0.200. The molecule has 0 atom stereocenters. The summed E-state index contributed by atoms with van der Waals surface area (Å²) in [4.78, 5) is 12.4. The number of nitrogens with one attached hydrogen (secondary N) is 1. The van der Waals surface area contributed by atoms with Crippen LogP contribution in [0.1, 0.15) is 28.4 Å². The molecular weight excluding hydrogens is 394 g/mol. The van der Waals surface area contributed by atoms with Gasteiger partial charge in [-0.15, -0.1) is 0 Å². The van der Waals surface area contributed by atoms with Crippen LogP contribution < -0.4 is 10.1 Å². The summed E-state index contributed by atoms with van der Waals surface area (Å²) in [6.07, 6.45) is 3.70. The van der Waals surface area contributed by atoms with Gasteiger partial charge in [0.25, 0.3) is 5.91 Å². The standard InChI is InChI=1S/C20H20BrN3O2/c1-2-24-13-16(12-23-24)11-22-20(25)17-7-5-6-15(10-17)14-26-19-9-4-3-8-18(19)21/h3-10,12-13H,2,11,14H2,1H3,(H,22,25). The molecule has 1 heterocycles. The molecule has 0 aliphatic heterocycles. The predicted molar refractivity (Wildman–Crippen MR) is 104 cm³/mol. The Morgan fingerprint density at radius 2 is 2.04 bits per heavy atom. The van der Waals surface area contributed by atoms with Crippen LogP contribution in [-0.2, 0) is 19.7 Å². The number of benzene rings is 2. The first-order chi connectivity index (χ1) is 12.7. The Labute approximate surface area is 161 Å². The van der Waals surface area contributed by atoms with Gasteiger partial charge in [-0.05, 0) is 52.7 Å². The number of amides is 1. The maximum Gasteiger partial charge on any atom is 0.251 e. The zero-order chi connectivity index (χ0) is 18.4. The lowest BCUT2D eigenvalue weighted by Crippen LogP contribution is -2.22. The van der Waals surface area contributed by atoms with E-state index in [1.54, 1.807) is 12.3 Å². The van der Waals surface area contributed by atoms with Crippen molar-refractivity contribution >= 4 is 21.8 Å². The molecule has 1 amide bonds. The molecular formula is C20H20BrN3O2. The van der Waals surface area contributed by atoms with Crippen LogP contribution >= 0.6 is 15.9 Å². The number of ether oxygens (including phenoxy) is 1. The zero-order valence-electron chi connectivity index (χ0n) is 14.5. The van der Waals surface area contributed by atoms with Crippen LogP contribution in [0.4, 0.5) is 0 Å². The highest BCUT2D eigenvalue weighted by atomic mass is 79.9. The van der Waals surface area contributed by atoms with E-state index in [-0.39, 0.29) is 5.91 Å². The topological polar surface area (TPSA) is 56.2 Å². The Hall–Kier alpha value is -2.60. The molecule has 3 rings (SSSR count). The Morgan fingerprint density at radius 3 is 2.81 bits per heavy atom. The zero-order valence-corrected chi connectivity index (χ0v) is 16.1. The van der Waals surface area contributed by atoms with E-state index < -0.39 is 0 Å². The molecule has 26 heavy (non-hydrogen) atoms. The highest BCUT2D eigenvalue weighted by molar-refractivity contribution is 9.10. The number of aryl methyl sites for hydroxylation is 1. The van der Waals surface area contributed by atoms with Crippen molar-refractivity contribution < 1.29 is 9.53 Å². The maximum absolute atomic E-state index is 12.4. The number of hydrogen-bond acceptors (Lipinski definition) is 3. The summed E-state index contributed by atoms with van der Waals surface area (Å²) in [7, 11) is 0. The third-order valence-electron chi connectivity index (χ3n) is 3.88. The molecule has 0 bridgehead atoms. The summed E-state index contributed by atoms with van der Waals surface area (Å²) < 4.78 is 8.55. The van der Waals surface area contributed by atoms with Crippen molar-refractivity contribution in [1.82, 2.24) is 15.1 Å². The second-order valence-corrected chi connectivity index (χ2v) is 6.66. The van der Waals surface area contributed by atoms with Gasteiger partial charge >= 0.3 is 0 Å². The molecule has 134 valence electrons. The number of carbonyl (C=O) groups is 1. The number of nitrogens with zero attached hydrogens (tertiary/aromatic N) is 2. The summed E-state index contributed by atoms with van der Waals surface area (Å²) in [6.45, 7) is 3.69. The van der Waals surface area contributed by atoms with E-state index in [4.69, 9.17) is 4.74 Å². The monoisotopic (exact) mass is 413 g/mol. The van der Waals surface area contributed by atoms with Crippen molar-refractivity contribution in [1.29, 1.82) is 0 Å². The quantitative estimate of drug-likeness (QED) is 0.631. The molecule has 0 aliphatic carbocycles. The summed E-state index contributed by atoms with van der Waals surface area (Å²) in [6, 6.07) is 15.1. The van der Waals surface area contributed by atoms with E-state index in [2.05, 4.69) is 26.3 Å². The smallest absolute Gasteiger partial charge is 0.251 e. The number of aromatic nitrogens is 2. The molecule has 0 spiro atoms. The molecule has 0 fully saturated rings.